The van der Waals surface area contributed by atoms with E-state index in [1.54, 1.807) is 18.3 Å². The fraction of sp³-hybridized carbons (Fsp3) is 0.182. The van der Waals surface area contributed by atoms with Gasteiger partial charge in [0.2, 0.25) is 0 Å². The van der Waals surface area contributed by atoms with E-state index in [9.17, 15) is 0 Å². The van der Waals surface area contributed by atoms with Gasteiger partial charge in [-0.2, -0.15) is 10.2 Å². The number of benzene rings is 2. The molecule has 2 aromatic heterocycles. The largest absolute Gasteiger partial charge is 0.313 e. The summed E-state index contributed by atoms with van der Waals surface area (Å²) in [7, 11) is 0. The molecule has 134 valence electrons. The SMILES string of the molecule is Fc1c(-c2cccnn2)ccc2c1CNCCC2c1cc2ccccc2s1. The second-order valence-electron chi connectivity index (χ2n) is 6.81. The van der Waals surface area contributed by atoms with Crippen LogP contribution in [0.4, 0.5) is 4.39 Å². The molecule has 0 aliphatic carbocycles. The van der Waals surface area contributed by atoms with Crippen molar-refractivity contribution in [2.45, 2.75) is 18.9 Å². The van der Waals surface area contributed by atoms with Crippen molar-refractivity contribution in [1.29, 1.82) is 0 Å². The van der Waals surface area contributed by atoms with Crippen molar-refractivity contribution < 1.29 is 4.39 Å². The summed E-state index contributed by atoms with van der Waals surface area (Å²) >= 11 is 1.81. The molecule has 3 heterocycles. The maximum absolute atomic E-state index is 15.4. The molecule has 0 amide bonds. The number of nitrogens with one attached hydrogen (secondary N) is 1. The molecular weight excluding hydrogens is 357 g/mol. The zero-order valence-corrected chi connectivity index (χ0v) is 15.5. The molecular formula is C22H18FN3S. The van der Waals surface area contributed by atoms with Gasteiger partial charge >= 0.3 is 0 Å². The average molecular weight is 375 g/mol. The number of rotatable bonds is 2. The predicted octanol–water partition coefficient (Wildman–Crippen LogP) is 5.12. The number of hydrogen-bond donors (Lipinski definition) is 1. The minimum Gasteiger partial charge on any atom is -0.313 e. The topological polar surface area (TPSA) is 37.8 Å². The lowest BCUT2D eigenvalue weighted by Crippen LogP contribution is -2.13. The summed E-state index contributed by atoms with van der Waals surface area (Å²) in [6, 6.07) is 18.2. The Hall–Kier alpha value is -2.63. The van der Waals surface area contributed by atoms with Crippen molar-refractivity contribution >= 4 is 21.4 Å². The number of hydrogen-bond acceptors (Lipinski definition) is 4. The second-order valence-corrected chi connectivity index (χ2v) is 7.92. The van der Waals surface area contributed by atoms with Crippen LogP contribution in [0.5, 0.6) is 0 Å². The molecule has 1 aliphatic heterocycles. The number of aromatic nitrogens is 2. The molecule has 5 rings (SSSR count). The molecule has 0 bridgehead atoms. The smallest absolute Gasteiger partial charge is 0.137 e. The molecule has 0 fully saturated rings. The van der Waals surface area contributed by atoms with Crippen molar-refractivity contribution in [3.63, 3.8) is 0 Å². The van der Waals surface area contributed by atoms with Crippen molar-refractivity contribution in [1.82, 2.24) is 15.5 Å². The first-order chi connectivity index (χ1) is 13.3. The van der Waals surface area contributed by atoms with Crippen LogP contribution in [0.25, 0.3) is 21.3 Å². The van der Waals surface area contributed by atoms with E-state index in [0.29, 0.717) is 17.8 Å². The maximum atomic E-state index is 15.4. The summed E-state index contributed by atoms with van der Waals surface area (Å²) < 4.78 is 16.7. The molecule has 1 unspecified atom stereocenters. The van der Waals surface area contributed by atoms with Crippen LogP contribution in [-0.2, 0) is 6.54 Å². The average Bonchev–Trinajstić information content (AvgIpc) is 3.01. The Morgan fingerprint density at radius 1 is 1.07 bits per heavy atom. The lowest BCUT2D eigenvalue weighted by Gasteiger charge is -2.17. The molecule has 0 saturated carbocycles. The zero-order valence-electron chi connectivity index (χ0n) is 14.7. The molecule has 0 spiro atoms. The summed E-state index contributed by atoms with van der Waals surface area (Å²) in [5.41, 5.74) is 2.91. The quantitative estimate of drug-likeness (QED) is 0.528. The number of thiophene rings is 1. The highest BCUT2D eigenvalue weighted by molar-refractivity contribution is 7.19. The number of fused-ring (bicyclic) bond motifs is 2. The normalized spacial score (nSPS) is 16.9. The van der Waals surface area contributed by atoms with Crippen molar-refractivity contribution in [3.05, 3.63) is 82.6 Å². The molecule has 0 saturated heterocycles. The van der Waals surface area contributed by atoms with Crippen LogP contribution >= 0.6 is 11.3 Å². The molecule has 1 N–H and O–H groups in total. The van der Waals surface area contributed by atoms with Crippen molar-refractivity contribution in [3.8, 4) is 11.3 Å². The monoisotopic (exact) mass is 375 g/mol. The molecule has 3 nitrogen and oxygen atoms in total. The van der Waals surface area contributed by atoms with Crippen molar-refractivity contribution in [2.75, 3.05) is 6.54 Å². The maximum Gasteiger partial charge on any atom is 0.137 e. The van der Waals surface area contributed by atoms with E-state index >= 15 is 4.39 Å². The van der Waals surface area contributed by atoms with Crippen LogP contribution in [0.2, 0.25) is 0 Å². The Balaban J connectivity index is 1.64. The Kier molecular flexibility index (Phi) is 4.19. The van der Waals surface area contributed by atoms with Gasteiger partial charge in [0.05, 0.1) is 5.69 Å². The summed E-state index contributed by atoms with van der Waals surface area (Å²) in [5, 5.41) is 12.6. The van der Waals surface area contributed by atoms with Crippen LogP contribution in [0.1, 0.15) is 28.3 Å². The van der Waals surface area contributed by atoms with Gasteiger partial charge in [-0.3, -0.25) is 0 Å². The van der Waals surface area contributed by atoms with Gasteiger partial charge in [-0.1, -0.05) is 24.3 Å². The van der Waals surface area contributed by atoms with Gasteiger partial charge in [0.15, 0.2) is 0 Å². The first-order valence-electron chi connectivity index (χ1n) is 9.10. The van der Waals surface area contributed by atoms with Gasteiger partial charge in [0.25, 0.3) is 0 Å². The fourth-order valence-corrected chi connectivity index (χ4v) is 5.09. The summed E-state index contributed by atoms with van der Waals surface area (Å²) in [5.74, 6) is 0.0197. The molecule has 4 aromatic rings. The summed E-state index contributed by atoms with van der Waals surface area (Å²) in [6.45, 7) is 1.41. The predicted molar refractivity (Wildman–Crippen MR) is 107 cm³/mol. The molecule has 1 atom stereocenters. The minimum absolute atomic E-state index is 0.187. The van der Waals surface area contributed by atoms with Gasteiger partial charge in [-0.25, -0.2) is 4.39 Å². The highest BCUT2D eigenvalue weighted by atomic mass is 32.1. The van der Waals surface area contributed by atoms with Crippen LogP contribution in [0.15, 0.2) is 60.8 Å². The second kappa shape index (κ2) is 6.83. The van der Waals surface area contributed by atoms with Crippen LogP contribution in [0, 0.1) is 5.82 Å². The molecule has 27 heavy (non-hydrogen) atoms. The standard InChI is InChI=1S/C22H18FN3S/c23-22-17(19-5-3-10-25-26-19)8-7-15-16(9-11-24-13-18(15)22)21-12-14-4-1-2-6-20(14)27-21/h1-8,10,12,16,24H,9,11,13H2. The molecule has 1 aliphatic rings. The van der Waals surface area contributed by atoms with Gasteiger partial charge in [0, 0.05) is 39.4 Å². The van der Waals surface area contributed by atoms with E-state index in [-0.39, 0.29) is 11.7 Å². The first kappa shape index (κ1) is 16.5. The van der Waals surface area contributed by atoms with E-state index in [1.165, 1.54) is 15.0 Å². The third-order valence-corrected chi connectivity index (χ3v) is 6.43. The van der Waals surface area contributed by atoms with Gasteiger partial charge < -0.3 is 5.32 Å². The van der Waals surface area contributed by atoms with Gasteiger partial charge in [-0.05, 0) is 54.2 Å². The lowest BCUT2D eigenvalue weighted by atomic mass is 9.89. The zero-order chi connectivity index (χ0) is 18.2. The third-order valence-electron chi connectivity index (χ3n) is 5.20. The molecule has 5 heteroatoms. The Bertz CT molecular complexity index is 1070. The van der Waals surface area contributed by atoms with Gasteiger partial charge in [-0.15, -0.1) is 11.3 Å². The summed E-state index contributed by atoms with van der Waals surface area (Å²) in [6.07, 6.45) is 2.56. The summed E-state index contributed by atoms with van der Waals surface area (Å²) in [4.78, 5) is 1.30. The van der Waals surface area contributed by atoms with Gasteiger partial charge in [0.1, 0.15) is 5.82 Å². The number of nitrogens with zero attached hydrogens (tertiary/aromatic N) is 2. The first-order valence-corrected chi connectivity index (χ1v) is 9.91. The highest BCUT2D eigenvalue weighted by Gasteiger charge is 2.26. The lowest BCUT2D eigenvalue weighted by molar-refractivity contribution is 0.596. The van der Waals surface area contributed by atoms with E-state index in [2.05, 4.69) is 51.9 Å². The Morgan fingerprint density at radius 2 is 2.00 bits per heavy atom. The number of halogens is 1. The van der Waals surface area contributed by atoms with E-state index in [4.69, 9.17) is 0 Å². The van der Waals surface area contributed by atoms with E-state index < -0.39 is 0 Å². The molecule has 2 aromatic carbocycles. The molecule has 0 radical (unpaired) electrons. The van der Waals surface area contributed by atoms with E-state index in [0.717, 1.165) is 24.1 Å². The van der Waals surface area contributed by atoms with E-state index in [1.807, 2.05) is 17.4 Å². The van der Waals surface area contributed by atoms with Crippen molar-refractivity contribution in [2.24, 2.45) is 0 Å². The highest BCUT2D eigenvalue weighted by Crippen LogP contribution is 2.40. The fourth-order valence-electron chi connectivity index (χ4n) is 3.87. The minimum atomic E-state index is -0.187. The van der Waals surface area contributed by atoms with Crippen LogP contribution < -0.4 is 5.32 Å². The Morgan fingerprint density at radius 3 is 2.85 bits per heavy atom. The third kappa shape index (κ3) is 2.93. The Labute approximate surface area is 160 Å². The van der Waals surface area contributed by atoms with Crippen LogP contribution in [0.3, 0.4) is 0 Å². The van der Waals surface area contributed by atoms with Crippen LogP contribution in [-0.4, -0.2) is 16.7 Å².